The van der Waals surface area contributed by atoms with E-state index in [4.69, 9.17) is 16.3 Å². The van der Waals surface area contributed by atoms with Gasteiger partial charge in [-0.15, -0.1) is 0 Å². The molecule has 3 rings (SSSR count). The van der Waals surface area contributed by atoms with Gasteiger partial charge in [-0.05, 0) is 23.2 Å². The Labute approximate surface area is 144 Å². The zero-order valence-corrected chi connectivity index (χ0v) is 14.4. The number of hydrogen-bond acceptors (Lipinski definition) is 6. The molecule has 23 heavy (non-hydrogen) atoms. The molecule has 0 atom stereocenters. The van der Waals surface area contributed by atoms with Crippen LogP contribution < -0.4 is 9.80 Å². The Bertz CT molecular complexity index is 721. The lowest BCUT2D eigenvalue weighted by Gasteiger charge is -2.31. The third-order valence-corrected chi connectivity index (χ3v) is 5.18. The molecule has 0 radical (unpaired) electrons. The number of ether oxygens (including phenoxy) is 1. The molecule has 0 bridgehead atoms. The van der Waals surface area contributed by atoms with Gasteiger partial charge in [0.2, 0.25) is 0 Å². The molecule has 5 nitrogen and oxygen atoms in total. The van der Waals surface area contributed by atoms with Crippen LogP contribution in [-0.2, 0) is 11.3 Å². The van der Waals surface area contributed by atoms with Gasteiger partial charge in [-0.1, -0.05) is 29.8 Å². The number of morpholine rings is 1. The van der Waals surface area contributed by atoms with Crippen molar-refractivity contribution < 1.29 is 4.74 Å². The second-order valence-corrected chi connectivity index (χ2v) is 6.46. The number of rotatable bonds is 4. The summed E-state index contributed by atoms with van der Waals surface area (Å²) in [6, 6.07) is 10.5. The predicted octanol–water partition coefficient (Wildman–Crippen LogP) is 3.14. The van der Waals surface area contributed by atoms with E-state index in [0.29, 0.717) is 12.1 Å². The fourth-order valence-corrected chi connectivity index (χ4v) is 3.69. The molecule has 0 spiro atoms. The van der Waals surface area contributed by atoms with Gasteiger partial charge >= 0.3 is 0 Å². The molecule has 1 fully saturated rings. The van der Waals surface area contributed by atoms with Crippen molar-refractivity contribution in [3.8, 4) is 6.07 Å². The van der Waals surface area contributed by atoms with Crippen molar-refractivity contribution in [2.45, 2.75) is 6.54 Å². The smallest absolute Gasteiger partial charge is 0.162 e. The van der Waals surface area contributed by atoms with E-state index in [0.717, 1.165) is 31.3 Å². The number of halogens is 1. The van der Waals surface area contributed by atoms with Crippen molar-refractivity contribution in [3.05, 3.63) is 40.5 Å². The molecule has 2 aromatic rings. The lowest BCUT2D eigenvalue weighted by Crippen LogP contribution is -2.37. The van der Waals surface area contributed by atoms with E-state index in [1.807, 2.05) is 18.0 Å². The molecule has 1 aliphatic rings. The van der Waals surface area contributed by atoms with Crippen molar-refractivity contribution in [3.63, 3.8) is 0 Å². The number of para-hydroxylation sites is 1. The van der Waals surface area contributed by atoms with Gasteiger partial charge in [0.05, 0.1) is 13.2 Å². The zero-order chi connectivity index (χ0) is 16.2. The summed E-state index contributed by atoms with van der Waals surface area (Å²) >= 11 is 7.23. The summed E-state index contributed by atoms with van der Waals surface area (Å²) < 4.78 is 9.51. The second-order valence-electron chi connectivity index (χ2n) is 5.35. The predicted molar refractivity (Wildman–Crippen MR) is 93.4 cm³/mol. The quantitative estimate of drug-likeness (QED) is 0.849. The van der Waals surface area contributed by atoms with E-state index in [1.165, 1.54) is 22.8 Å². The molecule has 1 aromatic heterocycles. The Balaban J connectivity index is 1.84. The second kappa shape index (κ2) is 7.18. The summed E-state index contributed by atoms with van der Waals surface area (Å²) in [4.78, 5) is 4.37. The van der Waals surface area contributed by atoms with Crippen molar-refractivity contribution in [2.75, 3.05) is 43.2 Å². The first kappa shape index (κ1) is 16.1. The molecule has 1 saturated heterocycles. The molecular weight excluding hydrogens is 332 g/mol. The van der Waals surface area contributed by atoms with Crippen molar-refractivity contribution in [2.24, 2.45) is 0 Å². The fourth-order valence-electron chi connectivity index (χ4n) is 2.70. The van der Waals surface area contributed by atoms with E-state index in [-0.39, 0.29) is 5.15 Å². The molecule has 0 unspecified atom stereocenters. The number of hydrogen-bond donors (Lipinski definition) is 0. The minimum Gasteiger partial charge on any atom is -0.378 e. The molecule has 0 N–H and O–H groups in total. The molecule has 7 heteroatoms. The summed E-state index contributed by atoms with van der Waals surface area (Å²) in [6.45, 7) is 4.01. The van der Waals surface area contributed by atoms with Gasteiger partial charge < -0.3 is 14.5 Å². The van der Waals surface area contributed by atoms with Gasteiger partial charge in [0, 0.05) is 32.4 Å². The van der Waals surface area contributed by atoms with E-state index in [1.54, 1.807) is 0 Å². The SMILES string of the molecule is CN(Cc1ccccc1N1CCOCC1)c1snc(Cl)c1C#N. The summed E-state index contributed by atoms with van der Waals surface area (Å²) in [5.41, 5.74) is 2.88. The number of benzene rings is 1. The lowest BCUT2D eigenvalue weighted by atomic mass is 10.1. The first-order valence-electron chi connectivity index (χ1n) is 7.37. The van der Waals surface area contributed by atoms with Gasteiger partial charge in [0.15, 0.2) is 5.15 Å². The van der Waals surface area contributed by atoms with Crippen LogP contribution in [0.2, 0.25) is 5.15 Å². The maximum absolute atomic E-state index is 9.25. The average Bonchev–Trinajstić information content (AvgIpc) is 2.97. The third kappa shape index (κ3) is 3.42. The van der Waals surface area contributed by atoms with Crippen LogP contribution in [0.1, 0.15) is 11.1 Å². The summed E-state index contributed by atoms with van der Waals surface area (Å²) in [7, 11) is 1.96. The van der Waals surface area contributed by atoms with Crippen LogP contribution >= 0.6 is 23.1 Å². The first-order valence-corrected chi connectivity index (χ1v) is 8.53. The standard InChI is InChI=1S/C16H17ClN4OS/c1-20(16-13(10-18)15(17)19-23-16)11-12-4-2-3-5-14(12)21-6-8-22-9-7-21/h2-5H,6-9,11H2,1H3. The highest BCUT2D eigenvalue weighted by Crippen LogP contribution is 2.32. The summed E-state index contributed by atoms with van der Waals surface area (Å²) in [5.74, 6) is 0. The summed E-state index contributed by atoms with van der Waals surface area (Å²) in [5, 5.41) is 10.3. The van der Waals surface area contributed by atoms with Gasteiger partial charge in [-0.2, -0.15) is 9.64 Å². The van der Waals surface area contributed by atoms with E-state index >= 15 is 0 Å². The lowest BCUT2D eigenvalue weighted by molar-refractivity contribution is 0.122. The number of aromatic nitrogens is 1. The fraction of sp³-hybridized carbons (Fsp3) is 0.375. The largest absolute Gasteiger partial charge is 0.378 e. The monoisotopic (exact) mass is 348 g/mol. The van der Waals surface area contributed by atoms with E-state index in [9.17, 15) is 5.26 Å². The van der Waals surface area contributed by atoms with Crippen LogP contribution in [0.3, 0.4) is 0 Å². The van der Waals surface area contributed by atoms with Gasteiger partial charge in [0.25, 0.3) is 0 Å². The van der Waals surface area contributed by atoms with Crippen LogP contribution in [0.4, 0.5) is 10.7 Å². The molecular formula is C16H17ClN4OS. The van der Waals surface area contributed by atoms with Crippen LogP contribution in [0.15, 0.2) is 24.3 Å². The maximum atomic E-state index is 9.25. The molecule has 120 valence electrons. The minimum absolute atomic E-state index is 0.279. The first-order chi connectivity index (χ1) is 11.2. The highest BCUT2D eigenvalue weighted by atomic mass is 35.5. The highest BCUT2D eigenvalue weighted by Gasteiger charge is 2.19. The molecule has 0 aliphatic carbocycles. The third-order valence-electron chi connectivity index (χ3n) is 3.84. The molecule has 1 aromatic carbocycles. The Morgan fingerprint density at radius 2 is 2.13 bits per heavy atom. The number of anilines is 2. The van der Waals surface area contributed by atoms with Crippen LogP contribution in [0.25, 0.3) is 0 Å². The molecule has 0 amide bonds. The molecule has 0 saturated carbocycles. The Morgan fingerprint density at radius 3 is 2.87 bits per heavy atom. The average molecular weight is 349 g/mol. The zero-order valence-electron chi connectivity index (χ0n) is 12.8. The molecule has 1 aliphatic heterocycles. The highest BCUT2D eigenvalue weighted by molar-refractivity contribution is 7.10. The van der Waals surface area contributed by atoms with Gasteiger partial charge in [-0.25, -0.2) is 0 Å². The van der Waals surface area contributed by atoms with Crippen molar-refractivity contribution in [1.29, 1.82) is 5.26 Å². The topological polar surface area (TPSA) is 52.4 Å². The Morgan fingerprint density at radius 1 is 1.39 bits per heavy atom. The van der Waals surface area contributed by atoms with Crippen LogP contribution in [-0.4, -0.2) is 37.7 Å². The number of nitriles is 1. The van der Waals surface area contributed by atoms with Gasteiger partial charge in [-0.3, -0.25) is 0 Å². The summed E-state index contributed by atoms with van der Waals surface area (Å²) in [6.07, 6.45) is 0. The Hall–Kier alpha value is -1.81. The Kier molecular flexibility index (Phi) is 5.01. The molecule has 2 heterocycles. The van der Waals surface area contributed by atoms with Crippen molar-refractivity contribution >= 4 is 33.8 Å². The number of nitrogens with zero attached hydrogens (tertiary/aromatic N) is 4. The van der Waals surface area contributed by atoms with Crippen LogP contribution in [0, 0.1) is 11.3 Å². The van der Waals surface area contributed by atoms with Crippen LogP contribution in [0.5, 0.6) is 0 Å². The normalized spacial score (nSPS) is 14.6. The maximum Gasteiger partial charge on any atom is 0.162 e. The minimum atomic E-state index is 0.279. The van der Waals surface area contributed by atoms with E-state index in [2.05, 4.69) is 33.5 Å². The van der Waals surface area contributed by atoms with E-state index < -0.39 is 0 Å². The van der Waals surface area contributed by atoms with Crippen molar-refractivity contribution in [1.82, 2.24) is 4.37 Å². The van der Waals surface area contributed by atoms with Gasteiger partial charge in [0.1, 0.15) is 16.6 Å².